The predicted molar refractivity (Wildman–Crippen MR) is 82.6 cm³/mol. The molecule has 0 fully saturated rings. The van der Waals surface area contributed by atoms with E-state index in [1.165, 1.54) is 11.8 Å². The Labute approximate surface area is 125 Å². The van der Waals surface area contributed by atoms with Gasteiger partial charge in [0.2, 0.25) is 0 Å². The summed E-state index contributed by atoms with van der Waals surface area (Å²) in [6, 6.07) is 5.30. The molecule has 21 heavy (non-hydrogen) atoms. The first-order chi connectivity index (χ1) is 10.2. The van der Waals surface area contributed by atoms with Crippen molar-refractivity contribution in [1.29, 1.82) is 0 Å². The van der Waals surface area contributed by atoms with E-state index in [-0.39, 0.29) is 5.91 Å². The zero-order valence-electron chi connectivity index (χ0n) is 11.5. The van der Waals surface area contributed by atoms with Crippen LogP contribution in [0.15, 0.2) is 35.6 Å². The molecule has 3 aromatic rings. The average molecular weight is 299 g/mol. The molecule has 0 unspecified atom stereocenters. The second-order valence-corrected chi connectivity index (χ2v) is 5.31. The Morgan fingerprint density at radius 1 is 1.33 bits per heavy atom. The first-order valence-electron chi connectivity index (χ1n) is 6.29. The van der Waals surface area contributed by atoms with Crippen molar-refractivity contribution in [3.05, 3.63) is 41.9 Å². The van der Waals surface area contributed by atoms with E-state index < -0.39 is 0 Å². The molecule has 6 nitrogen and oxygen atoms in total. The van der Waals surface area contributed by atoms with Gasteiger partial charge in [0.25, 0.3) is 5.91 Å². The van der Waals surface area contributed by atoms with E-state index in [2.05, 4.69) is 25.5 Å². The molecule has 0 saturated heterocycles. The molecule has 0 spiro atoms. The van der Waals surface area contributed by atoms with E-state index in [9.17, 15) is 4.79 Å². The van der Waals surface area contributed by atoms with E-state index in [1.54, 1.807) is 24.5 Å². The topological polar surface area (TPSA) is 83.6 Å². The fraction of sp³-hybridized carbons (Fsp3) is 0.143. The smallest absolute Gasteiger partial charge is 0.255 e. The van der Waals surface area contributed by atoms with E-state index in [0.717, 1.165) is 16.1 Å². The average Bonchev–Trinajstić information content (AvgIpc) is 2.88. The van der Waals surface area contributed by atoms with Crippen molar-refractivity contribution in [3.63, 3.8) is 0 Å². The molecular formula is C14H13N5OS. The maximum Gasteiger partial charge on any atom is 0.255 e. The van der Waals surface area contributed by atoms with Crippen molar-refractivity contribution in [2.24, 2.45) is 0 Å². The monoisotopic (exact) mass is 299 g/mol. The number of fused-ring (bicyclic) bond motifs is 1. The lowest BCUT2D eigenvalue weighted by Gasteiger charge is -2.05. The number of thioether (sulfide) groups is 1. The molecule has 0 saturated carbocycles. The van der Waals surface area contributed by atoms with Crippen molar-refractivity contribution in [2.45, 2.75) is 11.9 Å². The minimum Gasteiger partial charge on any atom is -0.321 e. The van der Waals surface area contributed by atoms with Gasteiger partial charge in [-0.3, -0.25) is 9.89 Å². The van der Waals surface area contributed by atoms with Gasteiger partial charge in [0.15, 0.2) is 5.65 Å². The summed E-state index contributed by atoms with van der Waals surface area (Å²) in [4.78, 5) is 20.6. The van der Waals surface area contributed by atoms with Gasteiger partial charge in [0.1, 0.15) is 0 Å². The zero-order valence-corrected chi connectivity index (χ0v) is 12.4. The van der Waals surface area contributed by atoms with Crippen molar-refractivity contribution >= 4 is 34.4 Å². The SMILES string of the molecule is CSc1cc(C(=O)Nc2cnc3n[nH]c(C)c3c2)ccn1. The molecule has 3 heterocycles. The number of hydrogen-bond donors (Lipinski definition) is 2. The molecule has 0 atom stereocenters. The zero-order chi connectivity index (χ0) is 14.8. The van der Waals surface area contributed by atoms with Crippen LogP contribution in [-0.4, -0.2) is 32.3 Å². The number of amides is 1. The maximum absolute atomic E-state index is 12.2. The van der Waals surface area contributed by atoms with E-state index in [1.807, 2.05) is 19.2 Å². The number of H-pyrrole nitrogens is 1. The summed E-state index contributed by atoms with van der Waals surface area (Å²) in [5, 5.41) is 11.5. The first-order valence-corrected chi connectivity index (χ1v) is 7.52. The number of aryl methyl sites for hydroxylation is 1. The highest BCUT2D eigenvalue weighted by molar-refractivity contribution is 7.98. The fourth-order valence-corrected chi connectivity index (χ4v) is 2.36. The molecule has 0 radical (unpaired) electrons. The second-order valence-electron chi connectivity index (χ2n) is 4.48. The third kappa shape index (κ3) is 2.73. The molecule has 0 aliphatic rings. The standard InChI is InChI=1S/C14H13N5OS/c1-8-11-6-10(7-16-13(11)19-18-8)17-14(20)9-3-4-15-12(5-9)21-2/h3-7H,1-2H3,(H,17,20)(H,16,18,19). The normalized spacial score (nSPS) is 10.8. The molecular weight excluding hydrogens is 286 g/mol. The summed E-state index contributed by atoms with van der Waals surface area (Å²) in [5.74, 6) is -0.185. The predicted octanol–water partition coefficient (Wildman–Crippen LogP) is 2.64. The molecule has 0 bridgehead atoms. The number of anilines is 1. The Bertz CT molecular complexity index is 814. The maximum atomic E-state index is 12.2. The van der Waals surface area contributed by atoms with Crippen LogP contribution in [0.1, 0.15) is 16.1 Å². The van der Waals surface area contributed by atoms with Gasteiger partial charge in [0, 0.05) is 22.8 Å². The van der Waals surface area contributed by atoms with Gasteiger partial charge in [0.05, 0.1) is 16.9 Å². The summed E-state index contributed by atoms with van der Waals surface area (Å²) in [6.45, 7) is 1.91. The highest BCUT2D eigenvalue weighted by Crippen LogP contribution is 2.19. The first kappa shape index (κ1) is 13.6. The summed E-state index contributed by atoms with van der Waals surface area (Å²) >= 11 is 1.50. The van der Waals surface area contributed by atoms with Gasteiger partial charge >= 0.3 is 0 Å². The van der Waals surface area contributed by atoms with Crippen LogP contribution < -0.4 is 5.32 Å². The van der Waals surface area contributed by atoms with Crippen molar-refractivity contribution in [1.82, 2.24) is 20.2 Å². The molecule has 7 heteroatoms. The van der Waals surface area contributed by atoms with E-state index >= 15 is 0 Å². The number of carbonyl (C=O) groups excluding carboxylic acids is 1. The number of nitrogens with zero attached hydrogens (tertiary/aromatic N) is 3. The number of nitrogens with one attached hydrogen (secondary N) is 2. The van der Waals surface area contributed by atoms with Crippen LogP contribution in [-0.2, 0) is 0 Å². The number of rotatable bonds is 3. The van der Waals surface area contributed by atoms with Crippen LogP contribution in [0.25, 0.3) is 11.0 Å². The molecule has 106 valence electrons. The van der Waals surface area contributed by atoms with Crippen molar-refractivity contribution < 1.29 is 4.79 Å². The number of carbonyl (C=O) groups is 1. The largest absolute Gasteiger partial charge is 0.321 e. The number of hydrogen-bond acceptors (Lipinski definition) is 5. The fourth-order valence-electron chi connectivity index (χ4n) is 1.95. The second kappa shape index (κ2) is 5.53. The summed E-state index contributed by atoms with van der Waals surface area (Å²) in [7, 11) is 0. The highest BCUT2D eigenvalue weighted by Gasteiger charge is 2.09. The van der Waals surface area contributed by atoms with Crippen LogP contribution in [0, 0.1) is 6.92 Å². The minimum absolute atomic E-state index is 0.185. The third-order valence-electron chi connectivity index (χ3n) is 3.06. The van der Waals surface area contributed by atoms with E-state index in [0.29, 0.717) is 16.9 Å². The van der Waals surface area contributed by atoms with Crippen LogP contribution in [0.2, 0.25) is 0 Å². The van der Waals surface area contributed by atoms with E-state index in [4.69, 9.17) is 0 Å². The Balaban J connectivity index is 1.86. The number of aromatic amines is 1. The van der Waals surface area contributed by atoms with Crippen molar-refractivity contribution in [3.8, 4) is 0 Å². The Hall–Kier alpha value is -2.41. The lowest BCUT2D eigenvalue weighted by Crippen LogP contribution is -2.12. The number of pyridine rings is 2. The summed E-state index contributed by atoms with van der Waals surface area (Å²) in [5.41, 5.74) is 2.76. The van der Waals surface area contributed by atoms with Crippen LogP contribution >= 0.6 is 11.8 Å². The minimum atomic E-state index is -0.185. The van der Waals surface area contributed by atoms with Crippen molar-refractivity contribution in [2.75, 3.05) is 11.6 Å². The molecule has 1 amide bonds. The van der Waals surface area contributed by atoms with Crippen LogP contribution in [0.5, 0.6) is 0 Å². The number of aromatic nitrogens is 4. The third-order valence-corrected chi connectivity index (χ3v) is 3.71. The Morgan fingerprint density at radius 3 is 3.00 bits per heavy atom. The summed E-state index contributed by atoms with van der Waals surface area (Å²) < 4.78 is 0. The lowest BCUT2D eigenvalue weighted by molar-refractivity contribution is 0.102. The lowest BCUT2D eigenvalue weighted by atomic mass is 10.2. The molecule has 2 N–H and O–H groups in total. The van der Waals surface area contributed by atoms with Gasteiger partial charge in [-0.25, -0.2) is 9.97 Å². The molecule has 0 aliphatic carbocycles. The molecule has 0 aliphatic heterocycles. The van der Waals surface area contributed by atoms with Gasteiger partial charge in [-0.05, 0) is 31.4 Å². The molecule has 3 rings (SSSR count). The summed E-state index contributed by atoms with van der Waals surface area (Å²) in [6.07, 6.45) is 5.14. The van der Waals surface area contributed by atoms with Crippen LogP contribution in [0.4, 0.5) is 5.69 Å². The Kier molecular flexibility index (Phi) is 3.57. The van der Waals surface area contributed by atoms with Gasteiger partial charge < -0.3 is 5.32 Å². The quantitative estimate of drug-likeness (QED) is 0.726. The Morgan fingerprint density at radius 2 is 2.19 bits per heavy atom. The molecule has 3 aromatic heterocycles. The van der Waals surface area contributed by atoms with Gasteiger partial charge in [-0.2, -0.15) is 5.10 Å². The van der Waals surface area contributed by atoms with Crippen LogP contribution in [0.3, 0.4) is 0 Å². The van der Waals surface area contributed by atoms with Gasteiger partial charge in [-0.15, -0.1) is 11.8 Å². The molecule has 0 aromatic carbocycles. The highest BCUT2D eigenvalue weighted by atomic mass is 32.2. The van der Waals surface area contributed by atoms with Gasteiger partial charge in [-0.1, -0.05) is 0 Å².